The number of hydrogen-bond donors (Lipinski definition) is 0. The fraction of sp³-hybridized carbons (Fsp3) is 0.833. The van der Waals surface area contributed by atoms with Crippen LogP contribution >= 0.6 is 0 Å². The van der Waals surface area contributed by atoms with Crippen molar-refractivity contribution in [2.45, 2.75) is 179 Å². The normalized spacial score (nSPS) is 37.8. The van der Waals surface area contributed by atoms with Gasteiger partial charge in [-0.2, -0.15) is 0 Å². The molecular formula is C48H78O3. The van der Waals surface area contributed by atoms with E-state index in [1.165, 1.54) is 154 Å². The summed E-state index contributed by atoms with van der Waals surface area (Å²) in [6.07, 6.45) is 52.6. The Balaban J connectivity index is 1.04. The Labute approximate surface area is 314 Å². The van der Waals surface area contributed by atoms with Crippen LogP contribution < -0.4 is 0 Å². The summed E-state index contributed by atoms with van der Waals surface area (Å²) in [5.74, 6) is 4.07. The zero-order chi connectivity index (χ0) is 35.6. The van der Waals surface area contributed by atoms with Crippen LogP contribution in [0.1, 0.15) is 168 Å². The Morgan fingerprint density at radius 2 is 0.843 bits per heavy atom. The van der Waals surface area contributed by atoms with E-state index in [-0.39, 0.29) is 22.0 Å². The van der Waals surface area contributed by atoms with Crippen LogP contribution in [-0.4, -0.2) is 38.6 Å². The van der Waals surface area contributed by atoms with Gasteiger partial charge >= 0.3 is 0 Å². The van der Waals surface area contributed by atoms with E-state index in [0.717, 1.165) is 36.9 Å². The first-order chi connectivity index (χ1) is 25.0. The summed E-state index contributed by atoms with van der Waals surface area (Å²) in [6, 6.07) is 0. The Kier molecular flexibility index (Phi) is 14.3. The highest BCUT2D eigenvalue weighted by Gasteiger charge is 2.56. The molecule has 0 aromatic heterocycles. The molecule has 0 heterocycles. The highest BCUT2D eigenvalue weighted by atomic mass is 16.5. The lowest BCUT2D eigenvalue weighted by Gasteiger charge is -2.56. The van der Waals surface area contributed by atoms with Crippen molar-refractivity contribution in [3.8, 4) is 0 Å². The molecule has 0 N–H and O–H groups in total. The number of ether oxygens (including phenoxy) is 3. The molecule has 0 spiro atoms. The van der Waals surface area contributed by atoms with Gasteiger partial charge in [0.1, 0.15) is 11.2 Å². The van der Waals surface area contributed by atoms with Gasteiger partial charge in [0.15, 0.2) is 0 Å². The number of methoxy groups -OCH3 is 2. The summed E-state index contributed by atoms with van der Waals surface area (Å²) in [6.45, 7) is 6.16. The predicted octanol–water partition coefficient (Wildman–Crippen LogP) is 13.2. The Hall–Kier alpha value is -1.16. The molecule has 6 aliphatic rings. The quantitative estimate of drug-likeness (QED) is 0.150. The molecule has 0 saturated heterocycles. The average Bonchev–Trinajstić information content (AvgIpc) is 3.20. The van der Waals surface area contributed by atoms with Crippen LogP contribution in [0.15, 0.2) is 48.6 Å². The minimum absolute atomic E-state index is 0.240. The summed E-state index contributed by atoms with van der Waals surface area (Å²) in [5.41, 5.74) is -0.0612. The fourth-order valence-corrected chi connectivity index (χ4v) is 12.8. The van der Waals surface area contributed by atoms with Crippen LogP contribution in [0.4, 0.5) is 0 Å². The van der Waals surface area contributed by atoms with E-state index in [2.05, 4.69) is 62.5 Å². The Morgan fingerprint density at radius 1 is 0.490 bits per heavy atom. The van der Waals surface area contributed by atoms with Crippen molar-refractivity contribution in [3.05, 3.63) is 48.6 Å². The molecule has 0 amide bonds. The largest absolute Gasteiger partial charge is 0.380 e. The lowest BCUT2D eigenvalue weighted by atomic mass is 9.52. The van der Waals surface area contributed by atoms with Crippen molar-refractivity contribution in [2.24, 2.45) is 46.3 Å². The van der Waals surface area contributed by atoms with E-state index in [9.17, 15) is 0 Å². The van der Waals surface area contributed by atoms with Gasteiger partial charge in [-0.1, -0.05) is 165 Å². The zero-order valence-electron chi connectivity index (χ0n) is 33.7. The van der Waals surface area contributed by atoms with E-state index in [1.807, 2.05) is 14.2 Å². The van der Waals surface area contributed by atoms with Crippen molar-refractivity contribution < 1.29 is 14.2 Å². The van der Waals surface area contributed by atoms with Crippen molar-refractivity contribution in [3.63, 3.8) is 0 Å². The molecule has 288 valence electrons. The molecular weight excluding hydrogens is 625 g/mol. The third-order valence-corrected chi connectivity index (χ3v) is 15.9. The maximum absolute atomic E-state index is 6.62. The van der Waals surface area contributed by atoms with E-state index < -0.39 is 0 Å². The molecule has 0 aromatic carbocycles. The van der Waals surface area contributed by atoms with Crippen molar-refractivity contribution in [1.82, 2.24) is 0 Å². The lowest BCUT2D eigenvalue weighted by molar-refractivity contribution is -0.109. The molecule has 3 heteroatoms. The summed E-state index contributed by atoms with van der Waals surface area (Å²) in [7, 11) is 3.96. The molecule has 0 aromatic rings. The standard InChI is InChI=1S/C48H78O3/c1-5-7-15-39-17-21-43(22-18-39)45(29-11-9-12-30-45)47(49-3)33-25-41(26-34-47)37-51-38-42-27-35-48(50-4,36-28-42)46(31-13-10-14-32-46)44-23-19-40(20-24-44)16-8-6-2/h25-28,33-36,39-44H,5-24,29-32,37-38H2,1-4H3/t39-,40-,41-,42-,43-,44-,47-,48-. The van der Waals surface area contributed by atoms with Crippen LogP contribution in [0.25, 0.3) is 0 Å². The smallest absolute Gasteiger partial charge is 0.110 e. The first kappa shape index (κ1) is 39.5. The third-order valence-electron chi connectivity index (χ3n) is 15.9. The SMILES string of the molecule is CCCC[C@H]1CC[C@H](C2([C@]3(OC)C=C[C@H](COC[C@H]4C=C[C@@](OC)(C5([C@H]6CC[C@H](CCCC)CC6)CCCCC5)C=C4)C=C3)CCCCC2)CC1. The van der Waals surface area contributed by atoms with Gasteiger partial charge < -0.3 is 14.2 Å². The number of unbranched alkanes of at least 4 members (excludes halogenated alkanes) is 2. The molecule has 0 unspecified atom stereocenters. The minimum atomic E-state index is -0.271. The monoisotopic (exact) mass is 703 g/mol. The van der Waals surface area contributed by atoms with Crippen LogP contribution in [0.5, 0.6) is 0 Å². The number of rotatable bonds is 16. The molecule has 0 aliphatic heterocycles. The Bertz CT molecular complexity index is 1030. The van der Waals surface area contributed by atoms with Gasteiger partial charge in [-0.3, -0.25) is 0 Å². The first-order valence-corrected chi connectivity index (χ1v) is 22.4. The van der Waals surface area contributed by atoms with Gasteiger partial charge in [-0.05, 0) is 75.0 Å². The van der Waals surface area contributed by atoms with Gasteiger partial charge in [0.25, 0.3) is 0 Å². The van der Waals surface area contributed by atoms with E-state index in [1.54, 1.807) is 0 Å². The molecule has 51 heavy (non-hydrogen) atoms. The fourth-order valence-electron chi connectivity index (χ4n) is 12.8. The topological polar surface area (TPSA) is 27.7 Å². The molecule has 4 fully saturated rings. The molecule has 6 aliphatic carbocycles. The van der Waals surface area contributed by atoms with Crippen LogP contribution in [-0.2, 0) is 14.2 Å². The zero-order valence-corrected chi connectivity index (χ0v) is 33.7. The summed E-state index contributed by atoms with van der Waals surface area (Å²) in [4.78, 5) is 0. The summed E-state index contributed by atoms with van der Waals surface area (Å²) >= 11 is 0. The summed E-state index contributed by atoms with van der Waals surface area (Å²) < 4.78 is 19.7. The number of hydrogen-bond acceptors (Lipinski definition) is 3. The van der Waals surface area contributed by atoms with Crippen molar-refractivity contribution >= 4 is 0 Å². The van der Waals surface area contributed by atoms with E-state index in [4.69, 9.17) is 14.2 Å². The van der Waals surface area contributed by atoms with E-state index in [0.29, 0.717) is 11.8 Å². The third kappa shape index (κ3) is 8.42. The molecule has 0 bridgehead atoms. The molecule has 3 nitrogen and oxygen atoms in total. The summed E-state index contributed by atoms with van der Waals surface area (Å²) in [5, 5.41) is 0. The average molecular weight is 703 g/mol. The van der Waals surface area contributed by atoms with Crippen LogP contribution in [0.3, 0.4) is 0 Å². The predicted molar refractivity (Wildman–Crippen MR) is 215 cm³/mol. The highest BCUT2D eigenvalue weighted by Crippen LogP contribution is 2.59. The molecule has 4 saturated carbocycles. The van der Waals surface area contributed by atoms with Gasteiger partial charge in [0.05, 0.1) is 13.2 Å². The first-order valence-electron chi connectivity index (χ1n) is 22.4. The lowest BCUT2D eigenvalue weighted by Crippen LogP contribution is -2.54. The molecule has 6 rings (SSSR count). The maximum atomic E-state index is 6.62. The minimum Gasteiger partial charge on any atom is -0.380 e. The van der Waals surface area contributed by atoms with Gasteiger partial charge in [-0.25, -0.2) is 0 Å². The second-order valence-corrected chi connectivity index (χ2v) is 18.4. The highest BCUT2D eigenvalue weighted by molar-refractivity contribution is 5.31. The van der Waals surface area contributed by atoms with E-state index >= 15 is 0 Å². The van der Waals surface area contributed by atoms with Crippen molar-refractivity contribution in [2.75, 3.05) is 27.4 Å². The Morgan fingerprint density at radius 3 is 1.16 bits per heavy atom. The van der Waals surface area contributed by atoms with Crippen molar-refractivity contribution in [1.29, 1.82) is 0 Å². The molecule has 0 atom stereocenters. The van der Waals surface area contributed by atoms with Gasteiger partial charge in [0.2, 0.25) is 0 Å². The van der Waals surface area contributed by atoms with Crippen LogP contribution in [0, 0.1) is 46.3 Å². The maximum Gasteiger partial charge on any atom is 0.110 e. The molecule has 0 radical (unpaired) electrons. The van der Waals surface area contributed by atoms with Gasteiger partial charge in [0, 0.05) is 36.9 Å². The second-order valence-electron chi connectivity index (χ2n) is 18.4. The second kappa shape index (κ2) is 18.4. The van der Waals surface area contributed by atoms with Crippen LogP contribution in [0.2, 0.25) is 0 Å². The van der Waals surface area contributed by atoms with Gasteiger partial charge in [-0.15, -0.1) is 0 Å².